The van der Waals surface area contributed by atoms with E-state index in [4.69, 9.17) is 5.73 Å². The van der Waals surface area contributed by atoms with Crippen LogP contribution in [0.25, 0.3) is 0 Å². The average Bonchev–Trinajstić information content (AvgIpc) is 2.92. The van der Waals surface area contributed by atoms with Crippen molar-refractivity contribution in [2.45, 2.75) is 38.1 Å². The number of fused-ring (bicyclic) bond motifs is 1. The Labute approximate surface area is 116 Å². The van der Waals surface area contributed by atoms with Gasteiger partial charge in [-0.1, -0.05) is 18.2 Å². The molecule has 0 radical (unpaired) electrons. The quantitative estimate of drug-likeness (QED) is 0.935. The molecule has 2 aromatic rings. The van der Waals surface area contributed by atoms with E-state index in [0.717, 1.165) is 17.8 Å². The molecule has 2 N–H and O–H groups in total. The molecule has 2 nitrogen and oxygen atoms in total. The zero-order valence-electron chi connectivity index (χ0n) is 10.9. The number of thiazole rings is 1. The first-order valence-electron chi connectivity index (χ1n) is 6.57. The highest BCUT2D eigenvalue weighted by Crippen LogP contribution is 2.33. The molecule has 100 valence electrons. The highest BCUT2D eigenvalue weighted by atomic mass is 32.1. The van der Waals surface area contributed by atoms with E-state index in [9.17, 15) is 4.39 Å². The van der Waals surface area contributed by atoms with Gasteiger partial charge in [-0.2, -0.15) is 0 Å². The van der Waals surface area contributed by atoms with Crippen molar-refractivity contribution in [1.29, 1.82) is 0 Å². The summed E-state index contributed by atoms with van der Waals surface area (Å²) in [7, 11) is 0. The summed E-state index contributed by atoms with van der Waals surface area (Å²) in [6.07, 6.45) is 3.85. The van der Waals surface area contributed by atoms with Crippen molar-refractivity contribution in [3.8, 4) is 0 Å². The summed E-state index contributed by atoms with van der Waals surface area (Å²) in [6, 6.07) is 6.82. The van der Waals surface area contributed by atoms with Crippen LogP contribution in [-0.4, -0.2) is 4.98 Å². The van der Waals surface area contributed by atoms with Gasteiger partial charge in [0.2, 0.25) is 0 Å². The van der Waals surface area contributed by atoms with E-state index in [2.05, 4.69) is 4.98 Å². The van der Waals surface area contributed by atoms with Gasteiger partial charge in [0.25, 0.3) is 0 Å². The van der Waals surface area contributed by atoms with Gasteiger partial charge in [-0.15, -0.1) is 11.3 Å². The highest BCUT2D eigenvalue weighted by molar-refractivity contribution is 7.12. The SMILES string of the molecule is CC(N)(Cc1ccccc1F)c1nc2c(s1)CCC2. The van der Waals surface area contributed by atoms with Crippen LogP contribution in [0.3, 0.4) is 0 Å². The van der Waals surface area contributed by atoms with Crippen molar-refractivity contribution in [3.05, 3.63) is 51.2 Å². The fourth-order valence-electron chi connectivity index (χ4n) is 2.55. The van der Waals surface area contributed by atoms with Gasteiger partial charge < -0.3 is 5.73 Å². The summed E-state index contributed by atoms with van der Waals surface area (Å²) in [5.74, 6) is -0.191. The van der Waals surface area contributed by atoms with Gasteiger partial charge in [0.05, 0.1) is 11.2 Å². The molecule has 1 atom stereocenters. The molecule has 0 aliphatic heterocycles. The normalized spacial score (nSPS) is 17.2. The maximum absolute atomic E-state index is 13.7. The third-order valence-corrected chi connectivity index (χ3v) is 5.04. The molecule has 0 fully saturated rings. The van der Waals surface area contributed by atoms with Gasteiger partial charge in [0, 0.05) is 4.88 Å². The predicted octanol–water partition coefficient (Wildman–Crippen LogP) is 3.19. The van der Waals surface area contributed by atoms with Gasteiger partial charge in [0.15, 0.2) is 0 Å². The van der Waals surface area contributed by atoms with Gasteiger partial charge in [-0.25, -0.2) is 9.37 Å². The lowest BCUT2D eigenvalue weighted by Gasteiger charge is -2.22. The molecular weight excluding hydrogens is 259 g/mol. The second-order valence-corrected chi connectivity index (χ2v) is 6.51. The Morgan fingerprint density at radius 3 is 2.89 bits per heavy atom. The molecule has 1 aromatic heterocycles. The summed E-state index contributed by atoms with van der Waals surface area (Å²) >= 11 is 1.70. The minimum Gasteiger partial charge on any atom is -0.319 e. The number of nitrogens with two attached hydrogens (primary N) is 1. The van der Waals surface area contributed by atoms with E-state index < -0.39 is 5.54 Å². The van der Waals surface area contributed by atoms with Crippen LogP contribution in [0.15, 0.2) is 24.3 Å². The predicted molar refractivity (Wildman–Crippen MR) is 75.8 cm³/mol. The zero-order chi connectivity index (χ0) is 13.5. The van der Waals surface area contributed by atoms with Crippen molar-refractivity contribution < 1.29 is 4.39 Å². The maximum atomic E-state index is 13.7. The summed E-state index contributed by atoms with van der Waals surface area (Å²) in [6.45, 7) is 1.94. The van der Waals surface area contributed by atoms with Crippen molar-refractivity contribution in [3.63, 3.8) is 0 Å². The Morgan fingerprint density at radius 1 is 1.37 bits per heavy atom. The molecule has 1 aromatic carbocycles. The van der Waals surface area contributed by atoms with Crippen LogP contribution in [-0.2, 0) is 24.8 Å². The van der Waals surface area contributed by atoms with E-state index in [1.54, 1.807) is 23.5 Å². The number of hydrogen-bond donors (Lipinski definition) is 1. The summed E-state index contributed by atoms with van der Waals surface area (Å²) in [5, 5.41) is 0.931. The van der Waals surface area contributed by atoms with Crippen LogP contribution in [0.1, 0.15) is 34.5 Å². The number of benzene rings is 1. The first kappa shape index (κ1) is 12.8. The molecule has 0 amide bonds. The number of hydrogen-bond acceptors (Lipinski definition) is 3. The Morgan fingerprint density at radius 2 is 2.16 bits per heavy atom. The topological polar surface area (TPSA) is 38.9 Å². The van der Waals surface area contributed by atoms with Crippen molar-refractivity contribution in [1.82, 2.24) is 4.98 Å². The van der Waals surface area contributed by atoms with E-state index in [0.29, 0.717) is 12.0 Å². The lowest BCUT2D eigenvalue weighted by Crippen LogP contribution is -2.35. The second kappa shape index (κ2) is 4.69. The molecule has 0 saturated heterocycles. The lowest BCUT2D eigenvalue weighted by molar-refractivity contribution is 0.472. The third kappa shape index (κ3) is 2.42. The third-order valence-electron chi connectivity index (χ3n) is 3.60. The Bertz CT molecular complexity index is 582. The largest absolute Gasteiger partial charge is 0.319 e. The van der Waals surface area contributed by atoms with E-state index in [1.807, 2.05) is 13.0 Å². The van der Waals surface area contributed by atoms with Gasteiger partial charge in [-0.3, -0.25) is 0 Å². The summed E-state index contributed by atoms with van der Waals surface area (Å²) in [5.41, 5.74) is 7.64. The molecule has 19 heavy (non-hydrogen) atoms. The Kier molecular flexibility index (Phi) is 3.15. The van der Waals surface area contributed by atoms with Crippen molar-refractivity contribution in [2.75, 3.05) is 0 Å². The average molecular weight is 276 g/mol. The second-order valence-electron chi connectivity index (χ2n) is 5.43. The smallest absolute Gasteiger partial charge is 0.126 e. The van der Waals surface area contributed by atoms with Crippen LogP contribution < -0.4 is 5.73 Å². The Hall–Kier alpha value is -1.26. The highest BCUT2D eigenvalue weighted by Gasteiger charge is 2.29. The maximum Gasteiger partial charge on any atom is 0.126 e. The standard InChI is InChI=1S/C15H17FN2S/c1-15(17,9-10-5-2-3-6-11(10)16)14-18-12-7-4-8-13(12)19-14/h2-3,5-6H,4,7-9,17H2,1H3. The van der Waals surface area contributed by atoms with Gasteiger partial charge in [0.1, 0.15) is 10.8 Å². The van der Waals surface area contributed by atoms with E-state index in [-0.39, 0.29) is 5.82 Å². The number of aryl methyl sites for hydroxylation is 2. The Balaban J connectivity index is 1.87. The monoisotopic (exact) mass is 276 g/mol. The molecule has 1 heterocycles. The first-order valence-corrected chi connectivity index (χ1v) is 7.39. The van der Waals surface area contributed by atoms with Crippen molar-refractivity contribution >= 4 is 11.3 Å². The fraction of sp³-hybridized carbons (Fsp3) is 0.400. The molecule has 4 heteroatoms. The zero-order valence-corrected chi connectivity index (χ0v) is 11.8. The molecule has 3 rings (SSSR count). The van der Waals surface area contributed by atoms with Crippen LogP contribution in [0, 0.1) is 5.82 Å². The minimum absolute atomic E-state index is 0.191. The van der Waals surface area contributed by atoms with Crippen LogP contribution in [0.4, 0.5) is 4.39 Å². The van der Waals surface area contributed by atoms with Crippen LogP contribution in [0.5, 0.6) is 0 Å². The molecule has 0 spiro atoms. The molecule has 0 saturated carbocycles. The van der Waals surface area contributed by atoms with Crippen molar-refractivity contribution in [2.24, 2.45) is 5.73 Å². The number of aromatic nitrogens is 1. The van der Waals surface area contributed by atoms with E-state index in [1.165, 1.54) is 23.1 Å². The molecular formula is C15H17FN2S. The van der Waals surface area contributed by atoms with Crippen LogP contribution >= 0.6 is 11.3 Å². The molecule has 1 aliphatic carbocycles. The van der Waals surface area contributed by atoms with E-state index >= 15 is 0 Å². The summed E-state index contributed by atoms with van der Waals surface area (Å²) in [4.78, 5) is 6.02. The first-order chi connectivity index (χ1) is 9.06. The molecule has 1 unspecified atom stereocenters. The number of rotatable bonds is 3. The molecule has 0 bridgehead atoms. The van der Waals surface area contributed by atoms with Gasteiger partial charge >= 0.3 is 0 Å². The number of nitrogens with zero attached hydrogens (tertiary/aromatic N) is 1. The summed E-state index contributed by atoms with van der Waals surface area (Å²) < 4.78 is 13.7. The minimum atomic E-state index is -0.600. The molecule has 1 aliphatic rings. The number of halogens is 1. The fourth-order valence-corrected chi connectivity index (χ4v) is 3.75. The lowest BCUT2D eigenvalue weighted by atomic mass is 9.94. The van der Waals surface area contributed by atoms with Crippen LogP contribution in [0.2, 0.25) is 0 Å². The van der Waals surface area contributed by atoms with Gasteiger partial charge in [-0.05, 0) is 44.2 Å².